The summed E-state index contributed by atoms with van der Waals surface area (Å²) in [5.41, 5.74) is 9.79. The van der Waals surface area contributed by atoms with Crippen LogP contribution in [0.4, 0.5) is 4.39 Å². The highest BCUT2D eigenvalue weighted by Crippen LogP contribution is 2.34. The fourth-order valence-electron chi connectivity index (χ4n) is 5.95. The lowest BCUT2D eigenvalue weighted by Gasteiger charge is -2.49. The lowest BCUT2D eigenvalue weighted by atomic mass is 9.82. The second-order valence-electron chi connectivity index (χ2n) is 12.7. The molecule has 1 aliphatic carbocycles. The highest BCUT2D eigenvalue weighted by atomic mass is 19.1. The highest BCUT2D eigenvalue weighted by Gasteiger charge is 2.52. The Morgan fingerprint density at radius 3 is 2.51 bits per heavy atom. The molecule has 43 heavy (non-hydrogen) atoms. The van der Waals surface area contributed by atoms with E-state index in [2.05, 4.69) is 16.0 Å². The number of aliphatic hydroxyl groups is 4. The Hall–Kier alpha value is -1.57. The minimum Gasteiger partial charge on any atom is -0.388 e. The van der Waals surface area contributed by atoms with Crippen LogP contribution < -0.4 is 27.4 Å². The molecule has 14 atom stereocenters. The van der Waals surface area contributed by atoms with Gasteiger partial charge in [-0.25, -0.2) is 4.39 Å². The van der Waals surface area contributed by atoms with E-state index in [9.17, 15) is 29.6 Å². The van der Waals surface area contributed by atoms with Gasteiger partial charge in [0.05, 0.1) is 30.4 Å². The van der Waals surface area contributed by atoms with E-state index in [0.717, 1.165) is 0 Å². The molecule has 12 N–H and O–H groups in total. The number of hydrogen-bond acceptors (Lipinski definition) is 13. The summed E-state index contributed by atoms with van der Waals surface area (Å²) in [6.07, 6.45) is -7.85. The molecule has 0 aromatic rings. The summed E-state index contributed by atoms with van der Waals surface area (Å²) in [6, 6.07) is -2.30. The average molecular weight is 621 g/mol. The van der Waals surface area contributed by atoms with Gasteiger partial charge in [0, 0.05) is 25.0 Å². The third kappa shape index (κ3) is 7.81. The number of carbonyl (C=O) groups is 1. The van der Waals surface area contributed by atoms with Crippen molar-refractivity contribution in [1.29, 1.82) is 5.41 Å². The zero-order chi connectivity index (χ0) is 31.7. The van der Waals surface area contributed by atoms with Crippen molar-refractivity contribution in [2.75, 3.05) is 26.2 Å². The van der Waals surface area contributed by atoms with Crippen molar-refractivity contribution in [3.8, 4) is 0 Å². The van der Waals surface area contributed by atoms with E-state index in [1.54, 1.807) is 6.92 Å². The number of alkyl halides is 1. The summed E-state index contributed by atoms with van der Waals surface area (Å²) in [7, 11) is 0. The molecule has 0 spiro atoms. The van der Waals surface area contributed by atoms with Crippen molar-refractivity contribution in [2.45, 2.75) is 125 Å². The Balaban J connectivity index is 1.49. The Kier molecular flexibility index (Phi) is 11.0. The fourth-order valence-corrected chi connectivity index (χ4v) is 5.95. The molecular formula is C27H49FN6O9. The number of nitrogens with one attached hydrogen (secondary N) is 4. The van der Waals surface area contributed by atoms with Crippen molar-refractivity contribution < 1.29 is 48.6 Å². The van der Waals surface area contributed by atoms with E-state index in [0.29, 0.717) is 19.4 Å². The van der Waals surface area contributed by atoms with Crippen LogP contribution in [0.25, 0.3) is 0 Å². The van der Waals surface area contributed by atoms with Gasteiger partial charge < -0.3 is 66.8 Å². The van der Waals surface area contributed by atoms with Crippen molar-refractivity contribution in [3.05, 3.63) is 0 Å². The highest BCUT2D eigenvalue weighted by molar-refractivity contribution is 5.86. The number of hydrogen-bond donors (Lipinski definition) is 10. The van der Waals surface area contributed by atoms with Crippen LogP contribution in [0.3, 0.4) is 0 Å². The first-order valence-corrected chi connectivity index (χ1v) is 15.0. The minimum atomic E-state index is -1.65. The van der Waals surface area contributed by atoms with Gasteiger partial charge in [0.25, 0.3) is 5.91 Å². The summed E-state index contributed by atoms with van der Waals surface area (Å²) < 4.78 is 37.3. The topological polar surface area (TPSA) is 247 Å². The largest absolute Gasteiger partial charge is 0.388 e. The average Bonchev–Trinajstić information content (AvgIpc) is 3.40. The van der Waals surface area contributed by atoms with Crippen LogP contribution in [0.5, 0.6) is 0 Å². The molecule has 3 saturated heterocycles. The van der Waals surface area contributed by atoms with Crippen LogP contribution in [0.1, 0.15) is 46.5 Å². The zero-order valence-corrected chi connectivity index (χ0v) is 24.9. The summed E-state index contributed by atoms with van der Waals surface area (Å²) in [5.74, 6) is -1.56. The normalized spacial score (nSPS) is 46.2. The lowest BCUT2D eigenvalue weighted by molar-refractivity contribution is -0.314. The first kappa shape index (κ1) is 34.3. The molecule has 0 aromatic heterocycles. The van der Waals surface area contributed by atoms with Crippen LogP contribution in [0.2, 0.25) is 0 Å². The SMILES string of the molecule is CC(F)C(=N)NC[C@@H]1CCC(N)[C@@H](OC2C(O)C(O[C@H]3OCC(C)(O)[C@H](C)C3O)[C@H](NC(=O)[C@@]3(O)CCNC3)C[C@@H]2N)O1. The summed E-state index contributed by atoms with van der Waals surface area (Å²) in [5, 5.41) is 59.9. The Labute approximate surface area is 250 Å². The van der Waals surface area contributed by atoms with Gasteiger partial charge in [-0.15, -0.1) is 0 Å². The van der Waals surface area contributed by atoms with Crippen molar-refractivity contribution in [1.82, 2.24) is 16.0 Å². The maximum absolute atomic E-state index is 13.4. The number of nitrogens with two attached hydrogens (primary N) is 2. The number of rotatable bonds is 9. The molecule has 4 aliphatic rings. The molecule has 0 radical (unpaired) electrons. The van der Waals surface area contributed by atoms with E-state index in [4.69, 9.17) is 35.8 Å². The van der Waals surface area contributed by atoms with E-state index < -0.39 is 90.4 Å². The van der Waals surface area contributed by atoms with Crippen LogP contribution in [0, 0.1) is 11.3 Å². The summed E-state index contributed by atoms with van der Waals surface area (Å²) in [6.45, 7) is 4.97. The molecular weight excluding hydrogens is 571 g/mol. The second kappa shape index (κ2) is 13.8. The van der Waals surface area contributed by atoms with Gasteiger partial charge in [-0.1, -0.05) is 6.92 Å². The molecule has 15 nitrogen and oxygen atoms in total. The zero-order valence-electron chi connectivity index (χ0n) is 24.9. The third-order valence-corrected chi connectivity index (χ3v) is 9.20. The number of amidine groups is 1. The molecule has 4 fully saturated rings. The van der Waals surface area contributed by atoms with Gasteiger partial charge in [0.1, 0.15) is 30.3 Å². The van der Waals surface area contributed by atoms with E-state index in [1.165, 1.54) is 13.8 Å². The molecule has 4 rings (SSSR count). The van der Waals surface area contributed by atoms with Crippen molar-refractivity contribution >= 4 is 11.7 Å². The predicted molar refractivity (Wildman–Crippen MR) is 150 cm³/mol. The Bertz CT molecular complexity index is 973. The van der Waals surface area contributed by atoms with Gasteiger partial charge >= 0.3 is 0 Å². The number of carbonyl (C=O) groups excluding carboxylic acids is 1. The molecule has 0 bridgehead atoms. The van der Waals surface area contributed by atoms with Crippen LogP contribution in [-0.2, 0) is 23.7 Å². The van der Waals surface area contributed by atoms with Gasteiger partial charge in [-0.05, 0) is 46.1 Å². The lowest BCUT2D eigenvalue weighted by Crippen LogP contribution is -2.68. The third-order valence-electron chi connectivity index (χ3n) is 9.20. The smallest absolute Gasteiger partial charge is 0.253 e. The molecule has 1 amide bonds. The molecule has 1 saturated carbocycles. The molecule has 0 aromatic carbocycles. The molecule has 3 aliphatic heterocycles. The van der Waals surface area contributed by atoms with Crippen molar-refractivity contribution in [2.24, 2.45) is 17.4 Å². The minimum absolute atomic E-state index is 0.0606. The standard InChI is InChI=1S/C27H49FN6O9/c1-12-18(35)24(40-11-26(12,3)38)43-21-17(34-25(37)27(39)6-7-32-10-27)8-16(30)20(19(21)36)42-23-15(29)5-4-14(41-23)9-33-22(31)13(2)28/h12-21,23-24,32,35-36,38-39H,4-11,29-30H2,1-3H3,(H2,31,33)(H,34,37)/t12-,13?,14+,15?,16+,17-,18?,19?,20?,21?,23-,24-,26?,27-/m1/s1. The number of halogens is 1. The van der Waals surface area contributed by atoms with E-state index in [-0.39, 0.29) is 38.4 Å². The quantitative estimate of drug-likeness (QED) is 0.0909. The number of β-amino-alcohol motifs (C(OH)–C–C–N with tert-alkyl or cyclic N) is 1. The Morgan fingerprint density at radius 1 is 1.16 bits per heavy atom. The van der Waals surface area contributed by atoms with Crippen LogP contribution in [0.15, 0.2) is 0 Å². The molecule has 16 heteroatoms. The molecule has 7 unspecified atom stereocenters. The maximum atomic E-state index is 13.4. The van der Waals surface area contributed by atoms with Gasteiger partial charge in [0.15, 0.2) is 24.4 Å². The maximum Gasteiger partial charge on any atom is 0.253 e. The summed E-state index contributed by atoms with van der Waals surface area (Å²) >= 11 is 0. The number of amides is 1. The number of ether oxygens (including phenoxy) is 4. The van der Waals surface area contributed by atoms with Crippen LogP contribution in [-0.4, -0.2) is 137 Å². The first-order valence-electron chi connectivity index (χ1n) is 15.0. The van der Waals surface area contributed by atoms with E-state index in [1.807, 2.05) is 0 Å². The van der Waals surface area contributed by atoms with Gasteiger partial charge in [-0.3, -0.25) is 10.2 Å². The van der Waals surface area contributed by atoms with Crippen LogP contribution >= 0.6 is 0 Å². The van der Waals surface area contributed by atoms with Crippen molar-refractivity contribution in [3.63, 3.8) is 0 Å². The van der Waals surface area contributed by atoms with E-state index >= 15 is 0 Å². The predicted octanol–water partition coefficient (Wildman–Crippen LogP) is -3.08. The monoisotopic (exact) mass is 620 g/mol. The number of aliphatic hydroxyl groups excluding tert-OH is 2. The van der Waals surface area contributed by atoms with Gasteiger partial charge in [-0.2, -0.15) is 0 Å². The summed E-state index contributed by atoms with van der Waals surface area (Å²) in [4.78, 5) is 13.1. The first-order chi connectivity index (χ1) is 20.1. The van der Waals surface area contributed by atoms with Gasteiger partial charge in [0.2, 0.25) is 0 Å². The fraction of sp³-hybridized carbons (Fsp3) is 0.926. The second-order valence-corrected chi connectivity index (χ2v) is 12.7. The molecule has 3 heterocycles. The molecule has 248 valence electrons. The Morgan fingerprint density at radius 2 is 1.86 bits per heavy atom.